The van der Waals surface area contributed by atoms with E-state index in [-0.39, 0.29) is 39.1 Å². The van der Waals surface area contributed by atoms with Crippen LogP contribution in [0, 0.1) is 23.2 Å². The van der Waals surface area contributed by atoms with Crippen LogP contribution in [0.1, 0.15) is 18.4 Å². The summed E-state index contributed by atoms with van der Waals surface area (Å²) >= 11 is 0. The van der Waals surface area contributed by atoms with Gasteiger partial charge in [-0.25, -0.2) is 8.42 Å². The van der Waals surface area contributed by atoms with Crippen LogP contribution in [0.3, 0.4) is 0 Å². The Hall–Kier alpha value is -2.45. The lowest BCUT2D eigenvalue weighted by atomic mass is 9.91. The molecule has 0 unspecified atom stereocenters. The van der Waals surface area contributed by atoms with Crippen molar-refractivity contribution < 1.29 is 35.9 Å². The number of hydrogen-bond donors (Lipinski definition) is 0. The van der Waals surface area contributed by atoms with Gasteiger partial charge in [0.1, 0.15) is 6.07 Å². The molecular weight excluding hydrogens is 425 g/mol. The van der Waals surface area contributed by atoms with Crippen molar-refractivity contribution >= 4 is 21.5 Å². The van der Waals surface area contributed by atoms with Crippen LogP contribution >= 0.6 is 0 Å². The fourth-order valence-corrected chi connectivity index (χ4v) is 6.08. The minimum Gasteiger partial charge on any atom is -0.378 e. The summed E-state index contributed by atoms with van der Waals surface area (Å²) in [6.45, 7) is 1.10. The lowest BCUT2D eigenvalue weighted by molar-refractivity contribution is -0.142. The lowest BCUT2D eigenvalue weighted by Gasteiger charge is -2.30. The lowest BCUT2D eigenvalue weighted by Crippen LogP contribution is -2.45. The Morgan fingerprint density at radius 3 is 2.30 bits per heavy atom. The Labute approximate surface area is 171 Å². The molecule has 1 saturated heterocycles. The third-order valence-electron chi connectivity index (χ3n) is 5.54. The molecule has 0 bridgehead atoms. The van der Waals surface area contributed by atoms with Crippen LogP contribution in [0.2, 0.25) is 0 Å². The van der Waals surface area contributed by atoms with E-state index in [2.05, 4.69) is 0 Å². The predicted octanol–water partition coefficient (Wildman–Crippen LogP) is 1.83. The summed E-state index contributed by atoms with van der Waals surface area (Å²) in [6, 6.07) is 5.25. The fourth-order valence-electron chi connectivity index (χ4n) is 4.04. The van der Waals surface area contributed by atoms with E-state index < -0.39 is 55.2 Å². The van der Waals surface area contributed by atoms with Gasteiger partial charge in [-0.05, 0) is 25.0 Å². The SMILES string of the molecule is N#CC(=O)[C@@H]1C[C@@H](S(=O)(=O)c2ccccc2C(F)(F)F)C[C@H]1C(=O)N1CCOCC1. The van der Waals surface area contributed by atoms with Crippen molar-refractivity contribution in [1.82, 2.24) is 4.90 Å². The summed E-state index contributed by atoms with van der Waals surface area (Å²) in [5.74, 6) is -3.67. The van der Waals surface area contributed by atoms with E-state index in [0.29, 0.717) is 6.07 Å². The number of Topliss-reactive ketones (excluding diaryl/α,β-unsaturated/α-hetero) is 1. The average molecular weight is 444 g/mol. The molecule has 2 aliphatic rings. The van der Waals surface area contributed by atoms with E-state index in [1.165, 1.54) is 17.0 Å². The summed E-state index contributed by atoms with van der Waals surface area (Å²) in [5.41, 5.74) is -1.30. The number of hydrogen-bond acceptors (Lipinski definition) is 6. The Morgan fingerprint density at radius 2 is 1.70 bits per heavy atom. The number of nitriles is 1. The normalized spacial score (nSPS) is 25.0. The number of nitrogens with zero attached hydrogens (tertiary/aromatic N) is 2. The number of amides is 1. The van der Waals surface area contributed by atoms with E-state index in [9.17, 15) is 31.2 Å². The van der Waals surface area contributed by atoms with Gasteiger partial charge in [0.25, 0.3) is 0 Å². The van der Waals surface area contributed by atoms with E-state index in [1.807, 2.05) is 0 Å². The minimum absolute atomic E-state index is 0.261. The molecule has 1 heterocycles. The standard InChI is InChI=1S/C19H19F3N2O5S/c20-19(21,22)15-3-1-2-4-17(15)30(27,28)12-9-13(16(25)11-23)14(10-12)18(26)24-5-7-29-8-6-24/h1-4,12-14H,5-10H2/t12-,13-,14-/m1/s1. The van der Waals surface area contributed by atoms with Crippen LogP contribution < -0.4 is 0 Å². The van der Waals surface area contributed by atoms with Crippen molar-refractivity contribution in [1.29, 1.82) is 5.26 Å². The molecule has 1 saturated carbocycles. The third kappa shape index (κ3) is 4.20. The maximum atomic E-state index is 13.3. The van der Waals surface area contributed by atoms with Gasteiger partial charge in [0.05, 0.1) is 34.8 Å². The topological polar surface area (TPSA) is 105 Å². The van der Waals surface area contributed by atoms with Crippen LogP contribution in [0.25, 0.3) is 0 Å². The van der Waals surface area contributed by atoms with E-state index in [1.54, 1.807) is 0 Å². The Morgan fingerprint density at radius 1 is 1.10 bits per heavy atom. The van der Waals surface area contributed by atoms with Crippen LogP contribution in [-0.2, 0) is 30.3 Å². The van der Waals surface area contributed by atoms with Gasteiger partial charge in [-0.15, -0.1) is 0 Å². The quantitative estimate of drug-likeness (QED) is 0.657. The molecular formula is C19H19F3N2O5S. The van der Waals surface area contributed by atoms with Crippen molar-refractivity contribution in [3.05, 3.63) is 29.8 Å². The van der Waals surface area contributed by atoms with Gasteiger partial charge in [0, 0.05) is 19.0 Å². The number of carbonyl (C=O) groups is 2. The Bertz CT molecular complexity index is 981. The minimum atomic E-state index is -4.88. The molecule has 0 radical (unpaired) electrons. The molecule has 162 valence electrons. The summed E-state index contributed by atoms with van der Waals surface area (Å²) in [5, 5.41) is 7.64. The van der Waals surface area contributed by atoms with Crippen LogP contribution in [-0.4, -0.2) is 56.6 Å². The molecule has 3 atom stereocenters. The van der Waals surface area contributed by atoms with E-state index in [0.717, 1.165) is 12.1 Å². The maximum absolute atomic E-state index is 13.3. The summed E-state index contributed by atoms with van der Waals surface area (Å²) in [7, 11) is -4.50. The number of benzene rings is 1. The average Bonchev–Trinajstić information content (AvgIpc) is 3.19. The number of ether oxygens (including phenoxy) is 1. The largest absolute Gasteiger partial charge is 0.417 e. The first-order chi connectivity index (χ1) is 14.1. The zero-order chi connectivity index (χ0) is 22.1. The molecule has 3 rings (SSSR count). The highest BCUT2D eigenvalue weighted by atomic mass is 32.2. The summed E-state index contributed by atoms with van der Waals surface area (Å²) in [4.78, 5) is 25.6. The fraction of sp³-hybridized carbons (Fsp3) is 0.526. The number of rotatable bonds is 4. The number of ketones is 1. The van der Waals surface area contributed by atoms with Crippen molar-refractivity contribution in [3.63, 3.8) is 0 Å². The number of alkyl halides is 3. The first-order valence-electron chi connectivity index (χ1n) is 9.28. The highest BCUT2D eigenvalue weighted by Gasteiger charge is 2.50. The Balaban J connectivity index is 1.95. The molecule has 30 heavy (non-hydrogen) atoms. The van der Waals surface area contributed by atoms with Gasteiger partial charge in [-0.3, -0.25) is 9.59 Å². The second-order valence-electron chi connectivity index (χ2n) is 7.26. The molecule has 0 N–H and O–H groups in total. The van der Waals surface area contributed by atoms with Crippen molar-refractivity contribution in [2.24, 2.45) is 11.8 Å². The first kappa shape index (κ1) is 22.2. The van der Waals surface area contributed by atoms with Gasteiger partial charge in [0.2, 0.25) is 11.7 Å². The maximum Gasteiger partial charge on any atom is 0.417 e. The van der Waals surface area contributed by atoms with Crippen molar-refractivity contribution in [2.75, 3.05) is 26.3 Å². The van der Waals surface area contributed by atoms with Gasteiger partial charge in [-0.1, -0.05) is 12.1 Å². The molecule has 1 aliphatic carbocycles. The Kier molecular flexibility index (Phi) is 6.19. The molecule has 0 spiro atoms. The van der Waals surface area contributed by atoms with E-state index in [4.69, 9.17) is 10.00 Å². The number of morpholine rings is 1. The second-order valence-corrected chi connectivity index (χ2v) is 9.46. The molecule has 1 aromatic carbocycles. The van der Waals surface area contributed by atoms with Crippen molar-refractivity contribution in [2.45, 2.75) is 29.2 Å². The van der Waals surface area contributed by atoms with Crippen LogP contribution in [0.4, 0.5) is 13.2 Å². The van der Waals surface area contributed by atoms with Gasteiger partial charge in [-0.2, -0.15) is 18.4 Å². The smallest absolute Gasteiger partial charge is 0.378 e. The predicted molar refractivity (Wildman–Crippen MR) is 96.7 cm³/mol. The molecule has 1 aromatic rings. The number of sulfone groups is 1. The zero-order valence-corrected chi connectivity index (χ0v) is 16.6. The molecule has 0 aromatic heterocycles. The zero-order valence-electron chi connectivity index (χ0n) is 15.8. The van der Waals surface area contributed by atoms with Crippen LogP contribution in [0.5, 0.6) is 0 Å². The highest BCUT2D eigenvalue weighted by molar-refractivity contribution is 7.92. The third-order valence-corrected chi connectivity index (χ3v) is 7.78. The summed E-state index contributed by atoms with van der Waals surface area (Å²) in [6.07, 6.45) is -5.57. The molecule has 11 heteroatoms. The second kappa shape index (κ2) is 8.35. The van der Waals surface area contributed by atoms with Crippen molar-refractivity contribution in [3.8, 4) is 6.07 Å². The van der Waals surface area contributed by atoms with Gasteiger partial charge < -0.3 is 9.64 Å². The van der Waals surface area contributed by atoms with Gasteiger partial charge in [0.15, 0.2) is 9.84 Å². The molecule has 7 nitrogen and oxygen atoms in total. The number of halogens is 3. The number of carbonyl (C=O) groups excluding carboxylic acids is 2. The van der Waals surface area contributed by atoms with Crippen LogP contribution in [0.15, 0.2) is 29.2 Å². The van der Waals surface area contributed by atoms with E-state index >= 15 is 0 Å². The molecule has 1 amide bonds. The molecule has 1 aliphatic heterocycles. The first-order valence-corrected chi connectivity index (χ1v) is 10.8. The monoisotopic (exact) mass is 444 g/mol. The molecule has 2 fully saturated rings. The van der Waals surface area contributed by atoms with Gasteiger partial charge >= 0.3 is 6.18 Å². The summed E-state index contributed by atoms with van der Waals surface area (Å²) < 4.78 is 71.3. The highest BCUT2D eigenvalue weighted by Crippen LogP contribution is 2.42.